The Morgan fingerprint density at radius 1 is 1.27 bits per heavy atom. The van der Waals surface area contributed by atoms with Crippen LogP contribution in [0.25, 0.3) is 0 Å². The highest BCUT2D eigenvalue weighted by atomic mass is 19.4. The van der Waals surface area contributed by atoms with Gasteiger partial charge in [-0.2, -0.15) is 13.2 Å². The molecule has 0 radical (unpaired) electrons. The number of ether oxygens (including phenoxy) is 2. The molecule has 1 amide bonds. The number of fused-ring (bicyclic) bond motifs is 1. The Labute approximate surface area is 188 Å². The minimum absolute atomic E-state index is 0.0155. The van der Waals surface area contributed by atoms with Crippen LogP contribution in [0.1, 0.15) is 23.6 Å². The summed E-state index contributed by atoms with van der Waals surface area (Å²) in [5, 5.41) is 3.90. The molecule has 2 aliphatic rings. The molecule has 33 heavy (non-hydrogen) atoms. The molecule has 2 heterocycles. The number of halogens is 3. The van der Waals surface area contributed by atoms with E-state index < -0.39 is 23.7 Å². The zero-order valence-electron chi connectivity index (χ0n) is 17.7. The van der Waals surface area contributed by atoms with Crippen LogP contribution >= 0.6 is 0 Å². The van der Waals surface area contributed by atoms with Gasteiger partial charge in [-0.15, -0.1) is 0 Å². The van der Waals surface area contributed by atoms with Crippen molar-refractivity contribution in [2.45, 2.75) is 18.6 Å². The van der Waals surface area contributed by atoms with E-state index in [0.717, 1.165) is 24.6 Å². The number of hydrogen-bond donors (Lipinski definition) is 1. The maximum absolute atomic E-state index is 13.2. The molecular formula is C23H23F3N3O4+. The third kappa shape index (κ3) is 4.85. The fourth-order valence-corrected chi connectivity index (χ4v) is 3.88. The summed E-state index contributed by atoms with van der Waals surface area (Å²) in [6.45, 7) is 5.20. The molecule has 0 bridgehead atoms. The number of benzene rings is 2. The summed E-state index contributed by atoms with van der Waals surface area (Å²) in [6, 6.07) is 8.67. The second kappa shape index (κ2) is 9.22. The molecule has 1 unspecified atom stereocenters. The van der Waals surface area contributed by atoms with Gasteiger partial charge < -0.3 is 14.8 Å². The largest absolute Gasteiger partial charge is 0.493 e. The van der Waals surface area contributed by atoms with Crippen LogP contribution in [0.2, 0.25) is 0 Å². The average molecular weight is 462 g/mol. The van der Waals surface area contributed by atoms with E-state index >= 15 is 0 Å². The Balaban J connectivity index is 1.63. The van der Waals surface area contributed by atoms with Crippen molar-refractivity contribution in [3.63, 3.8) is 0 Å². The van der Waals surface area contributed by atoms with E-state index in [1.165, 1.54) is 17.1 Å². The maximum Gasteiger partial charge on any atom is 0.416 e. The van der Waals surface area contributed by atoms with Crippen LogP contribution in [-0.4, -0.2) is 37.1 Å². The molecule has 0 spiro atoms. The highest BCUT2D eigenvalue weighted by molar-refractivity contribution is 5.86. The summed E-state index contributed by atoms with van der Waals surface area (Å²) < 4.78 is 50.1. The highest BCUT2D eigenvalue weighted by Crippen LogP contribution is 2.43. The predicted octanol–water partition coefficient (Wildman–Crippen LogP) is 4.31. The van der Waals surface area contributed by atoms with Crippen LogP contribution < -0.4 is 15.1 Å². The smallest absolute Gasteiger partial charge is 0.416 e. The molecule has 0 aliphatic carbocycles. The van der Waals surface area contributed by atoms with E-state index in [4.69, 9.17) is 9.47 Å². The van der Waals surface area contributed by atoms with Crippen molar-refractivity contribution in [3.8, 4) is 5.75 Å². The Hall–Kier alpha value is -3.40. The van der Waals surface area contributed by atoms with Crippen molar-refractivity contribution in [1.82, 2.24) is 5.32 Å². The van der Waals surface area contributed by atoms with Crippen molar-refractivity contribution in [2.75, 3.05) is 31.4 Å². The molecule has 0 aromatic heterocycles. The molecule has 2 aliphatic heterocycles. The second-order valence-corrected chi connectivity index (χ2v) is 7.89. The number of anilines is 2. The molecule has 1 fully saturated rings. The summed E-state index contributed by atoms with van der Waals surface area (Å²) >= 11 is 0. The van der Waals surface area contributed by atoms with Crippen LogP contribution in [-0.2, 0) is 15.7 Å². The summed E-state index contributed by atoms with van der Waals surface area (Å²) in [6.07, 6.45) is -2.47. The van der Waals surface area contributed by atoms with Crippen molar-refractivity contribution in [3.05, 3.63) is 71.2 Å². The first kappa shape index (κ1) is 22.8. The topological polar surface area (TPSA) is 70.9 Å². The number of carbonyl (C=O) groups is 1. The minimum atomic E-state index is -4.48. The number of hydrogen-bond acceptors (Lipinski definition) is 4. The SMILES string of the molecule is C=CC(=O)NCC1c2cc(OC[C@@H]3CCOC3)ccc2N(c2ccc(C(F)(F)F)cc2)[N+]1=O. The first-order valence-corrected chi connectivity index (χ1v) is 10.5. The molecule has 2 aromatic rings. The van der Waals surface area contributed by atoms with Gasteiger partial charge in [0.2, 0.25) is 5.91 Å². The molecule has 7 nitrogen and oxygen atoms in total. The molecule has 2 aromatic carbocycles. The maximum atomic E-state index is 13.2. The molecule has 4 rings (SSSR count). The molecule has 1 N–H and O–H groups in total. The number of rotatable bonds is 7. The van der Waals surface area contributed by atoms with Gasteiger partial charge in [-0.1, -0.05) is 11.6 Å². The van der Waals surface area contributed by atoms with E-state index in [0.29, 0.717) is 47.6 Å². The zero-order chi connectivity index (χ0) is 23.6. The third-order valence-electron chi connectivity index (χ3n) is 5.65. The number of alkyl halides is 3. The number of nitroso groups, excluding NO2 is 1. The summed E-state index contributed by atoms with van der Waals surface area (Å²) in [5.41, 5.74) is 0.555. The van der Waals surface area contributed by atoms with Crippen molar-refractivity contribution < 1.29 is 32.3 Å². The fourth-order valence-electron chi connectivity index (χ4n) is 3.88. The predicted molar refractivity (Wildman–Crippen MR) is 114 cm³/mol. The van der Waals surface area contributed by atoms with Crippen molar-refractivity contribution in [1.29, 1.82) is 0 Å². The average Bonchev–Trinajstić information content (AvgIpc) is 3.41. The molecule has 174 valence electrons. The lowest BCUT2D eigenvalue weighted by Crippen LogP contribution is -2.33. The van der Waals surface area contributed by atoms with E-state index in [2.05, 4.69) is 11.9 Å². The molecule has 2 atom stereocenters. The molecule has 1 saturated heterocycles. The van der Waals surface area contributed by atoms with Crippen molar-refractivity contribution in [2.24, 2.45) is 5.92 Å². The van der Waals surface area contributed by atoms with Crippen LogP contribution in [0.3, 0.4) is 0 Å². The van der Waals surface area contributed by atoms with Crippen LogP contribution in [0.4, 0.5) is 24.5 Å². The standard InChI is InChI=1S/C23H22F3N3O4/c1-2-22(30)27-12-21-19-11-18(33-14-15-9-10-32-13-15)7-8-20(19)28(29(21)31)17-5-3-16(4-6-17)23(24,25)26/h2-8,11,15,21H,1,9-10,12-14H2/p+1/t15-,21?/m1/s1. The lowest BCUT2D eigenvalue weighted by atomic mass is 10.1. The number of nitrogens with zero attached hydrogens (tertiary/aromatic N) is 2. The van der Waals surface area contributed by atoms with Gasteiger partial charge in [0, 0.05) is 12.5 Å². The lowest BCUT2D eigenvalue weighted by molar-refractivity contribution is -0.584. The first-order chi connectivity index (χ1) is 15.8. The lowest BCUT2D eigenvalue weighted by Gasteiger charge is -2.13. The zero-order valence-corrected chi connectivity index (χ0v) is 17.7. The first-order valence-electron chi connectivity index (χ1n) is 10.5. The van der Waals surface area contributed by atoms with Gasteiger partial charge in [-0.3, -0.25) is 4.79 Å². The quantitative estimate of drug-likeness (QED) is 0.491. The van der Waals surface area contributed by atoms with Crippen molar-refractivity contribution >= 4 is 17.3 Å². The molecule has 0 saturated carbocycles. The van der Waals surface area contributed by atoms with Gasteiger partial charge in [0.1, 0.15) is 22.0 Å². The van der Waals surface area contributed by atoms with Crippen LogP contribution in [0.5, 0.6) is 5.75 Å². The monoisotopic (exact) mass is 462 g/mol. The summed E-state index contributed by atoms with van der Waals surface area (Å²) in [4.78, 5) is 25.5. The Kier molecular flexibility index (Phi) is 6.37. The third-order valence-corrected chi connectivity index (χ3v) is 5.65. The number of nitrogens with one attached hydrogen (secondary N) is 1. The van der Waals surface area contributed by atoms with E-state index in [9.17, 15) is 22.9 Å². The van der Waals surface area contributed by atoms with Crippen LogP contribution in [0, 0.1) is 10.8 Å². The van der Waals surface area contributed by atoms with Gasteiger partial charge in [-0.25, -0.2) is 0 Å². The van der Waals surface area contributed by atoms with E-state index in [1.54, 1.807) is 18.2 Å². The molecular weight excluding hydrogens is 439 g/mol. The highest BCUT2D eigenvalue weighted by Gasteiger charge is 2.47. The second-order valence-electron chi connectivity index (χ2n) is 7.89. The summed E-state index contributed by atoms with van der Waals surface area (Å²) in [5.74, 6) is 0.413. The van der Waals surface area contributed by atoms with Gasteiger partial charge >= 0.3 is 6.18 Å². The van der Waals surface area contributed by atoms with Gasteiger partial charge in [0.05, 0.1) is 35.8 Å². The van der Waals surface area contributed by atoms with Gasteiger partial charge in [0.15, 0.2) is 0 Å². The number of hydrazine groups is 1. The Morgan fingerprint density at radius 2 is 2.03 bits per heavy atom. The van der Waals surface area contributed by atoms with E-state index in [-0.39, 0.29) is 12.2 Å². The van der Waals surface area contributed by atoms with Gasteiger partial charge in [-0.05, 0) is 55.0 Å². The fraction of sp³-hybridized carbons (Fsp3) is 0.348. The number of amides is 1. The van der Waals surface area contributed by atoms with E-state index in [1.807, 2.05) is 0 Å². The summed E-state index contributed by atoms with van der Waals surface area (Å²) in [7, 11) is 0. The van der Waals surface area contributed by atoms with Gasteiger partial charge in [0.25, 0.3) is 6.04 Å². The number of carbonyl (C=O) groups excluding carboxylic acids is 1. The van der Waals surface area contributed by atoms with Crippen LogP contribution in [0.15, 0.2) is 55.1 Å². The molecule has 10 heteroatoms. The normalized spacial score (nSPS) is 20.0. The Morgan fingerprint density at radius 3 is 2.67 bits per heavy atom. The Bertz CT molecular complexity index is 1050. The minimum Gasteiger partial charge on any atom is -0.493 e.